The first-order valence-electron chi connectivity index (χ1n) is 6.47. The average molecular weight is 266 g/mol. The third-order valence-electron chi connectivity index (χ3n) is 3.57. The summed E-state index contributed by atoms with van der Waals surface area (Å²) in [6.45, 7) is 2.51. The molecule has 4 nitrogen and oxygen atoms in total. The largest absolute Gasteiger partial charge is 0.508 e. The minimum Gasteiger partial charge on any atom is -0.508 e. The molecule has 0 aromatic heterocycles. The molecule has 0 spiro atoms. The second-order valence-electron chi connectivity index (χ2n) is 5.12. The number of hydrogen-bond acceptors (Lipinski definition) is 3. The molecule has 0 saturated heterocycles. The van der Waals surface area contributed by atoms with E-state index in [-0.39, 0.29) is 17.4 Å². The normalized spacial score (nSPS) is 16.4. The summed E-state index contributed by atoms with van der Waals surface area (Å²) in [5.74, 6) is -1.34. The molecule has 19 heavy (non-hydrogen) atoms. The van der Waals surface area contributed by atoms with Gasteiger partial charge in [-0.3, -0.25) is 9.69 Å². The number of nitrogens with one attached hydrogen (secondary N) is 1. The van der Waals surface area contributed by atoms with Crippen LogP contribution < -0.4 is 5.32 Å². The highest BCUT2D eigenvalue weighted by Crippen LogP contribution is 2.26. The molecule has 104 valence electrons. The van der Waals surface area contributed by atoms with Crippen molar-refractivity contribution in [2.24, 2.45) is 0 Å². The van der Waals surface area contributed by atoms with Crippen molar-refractivity contribution < 1.29 is 14.3 Å². The standard InChI is InChI=1S/C14H19FN2O2/c1-9(17(2)10-3-4-10)8-16-14(19)12-6-5-11(18)7-13(12)15/h5-7,9-10,18H,3-4,8H2,1-2H3,(H,16,19). The van der Waals surface area contributed by atoms with Crippen LogP contribution in [0.15, 0.2) is 18.2 Å². The third-order valence-corrected chi connectivity index (χ3v) is 3.57. The molecule has 1 aromatic rings. The van der Waals surface area contributed by atoms with Gasteiger partial charge in [-0.1, -0.05) is 0 Å². The average Bonchev–Trinajstić information content (AvgIpc) is 3.18. The number of benzene rings is 1. The van der Waals surface area contributed by atoms with Gasteiger partial charge >= 0.3 is 0 Å². The van der Waals surface area contributed by atoms with E-state index in [9.17, 15) is 9.18 Å². The Kier molecular flexibility index (Phi) is 4.04. The molecule has 1 fully saturated rings. The number of aromatic hydroxyl groups is 1. The number of nitrogens with zero attached hydrogens (tertiary/aromatic N) is 1. The van der Waals surface area contributed by atoms with E-state index in [2.05, 4.69) is 10.2 Å². The topological polar surface area (TPSA) is 52.6 Å². The zero-order chi connectivity index (χ0) is 14.0. The van der Waals surface area contributed by atoms with E-state index in [1.807, 2.05) is 14.0 Å². The monoisotopic (exact) mass is 266 g/mol. The molecule has 1 aromatic carbocycles. The number of hydrogen-bond donors (Lipinski definition) is 2. The van der Waals surface area contributed by atoms with Gasteiger partial charge in [0.05, 0.1) is 5.56 Å². The highest BCUT2D eigenvalue weighted by Gasteiger charge is 2.29. The quantitative estimate of drug-likeness (QED) is 0.853. The molecule has 1 atom stereocenters. The fourth-order valence-electron chi connectivity index (χ4n) is 2.01. The summed E-state index contributed by atoms with van der Waals surface area (Å²) >= 11 is 0. The maximum atomic E-state index is 13.5. The van der Waals surface area contributed by atoms with Crippen LogP contribution in [0.4, 0.5) is 4.39 Å². The summed E-state index contributed by atoms with van der Waals surface area (Å²) < 4.78 is 13.5. The Bertz CT molecular complexity index is 475. The molecule has 2 N–H and O–H groups in total. The molecule has 0 aliphatic heterocycles. The van der Waals surface area contributed by atoms with Crippen LogP contribution in [0.1, 0.15) is 30.1 Å². The van der Waals surface area contributed by atoms with E-state index < -0.39 is 11.7 Å². The Hall–Kier alpha value is -1.62. The number of amides is 1. The van der Waals surface area contributed by atoms with E-state index in [0.717, 1.165) is 6.07 Å². The van der Waals surface area contributed by atoms with Crippen LogP contribution in [0.3, 0.4) is 0 Å². The van der Waals surface area contributed by atoms with Gasteiger partial charge in [0.15, 0.2) is 0 Å². The summed E-state index contributed by atoms with van der Waals surface area (Å²) in [5.41, 5.74) is -0.0425. The van der Waals surface area contributed by atoms with Crippen LogP contribution in [0.25, 0.3) is 0 Å². The SMILES string of the molecule is CC(CNC(=O)c1ccc(O)cc1F)N(C)C1CC1. The van der Waals surface area contributed by atoms with E-state index in [1.165, 1.54) is 25.0 Å². The van der Waals surface area contributed by atoms with Gasteiger partial charge in [0.2, 0.25) is 0 Å². The van der Waals surface area contributed by atoms with E-state index in [0.29, 0.717) is 12.6 Å². The molecule has 1 aliphatic rings. The summed E-state index contributed by atoms with van der Waals surface area (Å²) in [6.07, 6.45) is 2.42. The van der Waals surface area contributed by atoms with E-state index in [4.69, 9.17) is 5.11 Å². The Balaban J connectivity index is 1.89. The molecule has 1 amide bonds. The lowest BCUT2D eigenvalue weighted by molar-refractivity contribution is 0.0935. The van der Waals surface area contributed by atoms with Crippen LogP contribution in [-0.4, -0.2) is 41.6 Å². The van der Waals surface area contributed by atoms with Crippen molar-refractivity contribution >= 4 is 5.91 Å². The first kappa shape index (κ1) is 13.8. The first-order chi connectivity index (χ1) is 8.99. The van der Waals surface area contributed by atoms with E-state index in [1.54, 1.807) is 0 Å². The van der Waals surface area contributed by atoms with Gasteiger partial charge in [0, 0.05) is 24.7 Å². The second-order valence-corrected chi connectivity index (χ2v) is 5.12. The van der Waals surface area contributed by atoms with Crippen molar-refractivity contribution in [2.45, 2.75) is 31.8 Å². The van der Waals surface area contributed by atoms with Crippen molar-refractivity contribution in [1.29, 1.82) is 0 Å². The highest BCUT2D eigenvalue weighted by atomic mass is 19.1. The smallest absolute Gasteiger partial charge is 0.254 e. The van der Waals surface area contributed by atoms with Crippen LogP contribution in [0, 0.1) is 5.82 Å². The number of carbonyl (C=O) groups excluding carboxylic acids is 1. The molecule has 0 heterocycles. The molecule has 1 unspecified atom stereocenters. The third kappa shape index (κ3) is 3.44. The summed E-state index contributed by atoms with van der Waals surface area (Å²) in [4.78, 5) is 14.1. The summed E-state index contributed by atoms with van der Waals surface area (Å²) in [6, 6.07) is 4.37. The maximum Gasteiger partial charge on any atom is 0.254 e. The van der Waals surface area contributed by atoms with Gasteiger partial charge in [-0.15, -0.1) is 0 Å². The second kappa shape index (κ2) is 5.57. The Morgan fingerprint density at radius 1 is 1.58 bits per heavy atom. The van der Waals surface area contributed by atoms with Crippen molar-refractivity contribution in [3.8, 4) is 5.75 Å². The predicted molar refractivity (Wildman–Crippen MR) is 70.6 cm³/mol. The molecular formula is C14H19FN2O2. The summed E-state index contributed by atoms with van der Waals surface area (Å²) in [7, 11) is 2.04. The fraction of sp³-hybridized carbons (Fsp3) is 0.500. The molecular weight excluding hydrogens is 247 g/mol. The number of phenols is 1. The van der Waals surface area contributed by atoms with E-state index >= 15 is 0 Å². The Labute approximate surface area is 112 Å². The van der Waals surface area contributed by atoms with Crippen LogP contribution in [0.2, 0.25) is 0 Å². The lowest BCUT2D eigenvalue weighted by Gasteiger charge is -2.24. The first-order valence-corrected chi connectivity index (χ1v) is 6.47. The lowest BCUT2D eigenvalue weighted by Crippen LogP contribution is -2.41. The van der Waals surface area contributed by atoms with Crippen molar-refractivity contribution in [3.05, 3.63) is 29.6 Å². The predicted octanol–water partition coefficient (Wildman–Crippen LogP) is 1.74. The van der Waals surface area contributed by atoms with Gasteiger partial charge in [0.25, 0.3) is 5.91 Å². The molecule has 1 aliphatic carbocycles. The molecule has 5 heteroatoms. The summed E-state index contributed by atoms with van der Waals surface area (Å²) in [5, 5.41) is 11.8. The lowest BCUT2D eigenvalue weighted by atomic mass is 10.2. The molecule has 0 bridgehead atoms. The number of carbonyl (C=O) groups is 1. The minimum atomic E-state index is -0.708. The van der Waals surface area contributed by atoms with Crippen molar-refractivity contribution in [2.75, 3.05) is 13.6 Å². The number of likely N-dealkylation sites (N-methyl/N-ethyl adjacent to an activating group) is 1. The number of rotatable bonds is 5. The zero-order valence-electron chi connectivity index (χ0n) is 11.2. The van der Waals surface area contributed by atoms with Crippen molar-refractivity contribution in [3.63, 3.8) is 0 Å². The van der Waals surface area contributed by atoms with Gasteiger partial charge < -0.3 is 10.4 Å². The zero-order valence-corrected chi connectivity index (χ0v) is 11.2. The van der Waals surface area contributed by atoms with Gasteiger partial charge in [-0.2, -0.15) is 0 Å². The number of phenolic OH excluding ortho intramolecular Hbond substituents is 1. The van der Waals surface area contributed by atoms with Crippen LogP contribution >= 0.6 is 0 Å². The molecule has 1 saturated carbocycles. The Morgan fingerprint density at radius 3 is 2.84 bits per heavy atom. The molecule has 2 rings (SSSR count). The van der Waals surface area contributed by atoms with Crippen molar-refractivity contribution in [1.82, 2.24) is 10.2 Å². The maximum absolute atomic E-state index is 13.5. The van der Waals surface area contributed by atoms with Gasteiger partial charge in [-0.05, 0) is 38.9 Å². The van der Waals surface area contributed by atoms with Gasteiger partial charge in [-0.25, -0.2) is 4.39 Å². The minimum absolute atomic E-state index is 0.0425. The van der Waals surface area contributed by atoms with Crippen LogP contribution in [-0.2, 0) is 0 Å². The Morgan fingerprint density at radius 2 is 2.26 bits per heavy atom. The van der Waals surface area contributed by atoms with Gasteiger partial charge in [0.1, 0.15) is 11.6 Å². The fourth-order valence-corrected chi connectivity index (χ4v) is 2.01. The highest BCUT2D eigenvalue weighted by molar-refractivity contribution is 5.94. The number of halogens is 1. The molecule has 0 radical (unpaired) electrons. The van der Waals surface area contributed by atoms with Crippen LogP contribution in [0.5, 0.6) is 5.75 Å².